The van der Waals surface area contributed by atoms with E-state index in [1.54, 1.807) is 0 Å². The lowest BCUT2D eigenvalue weighted by molar-refractivity contribution is 0.205. The Balaban J connectivity index is 0. The predicted octanol–water partition coefficient (Wildman–Crippen LogP) is -0.952. The van der Waals surface area contributed by atoms with Crippen LogP contribution in [-0.2, 0) is 0 Å². The average molecular weight is 149 g/mol. The normalized spacial score (nSPS) is 7.80. The summed E-state index contributed by atoms with van der Waals surface area (Å²) < 4.78 is 0. The Morgan fingerprint density at radius 3 is 1.70 bits per heavy atom. The number of carboxylic acid groups (broad SMARTS) is 1. The molecule has 0 aromatic heterocycles. The summed E-state index contributed by atoms with van der Waals surface area (Å²) in [5, 5.41) is 13.2. The topological polar surface area (TPSA) is 87.4 Å². The second-order valence-electron chi connectivity index (χ2n) is 1.55. The van der Waals surface area contributed by atoms with E-state index in [9.17, 15) is 0 Å². The van der Waals surface area contributed by atoms with E-state index in [1.165, 1.54) is 0 Å². The number of nitrogens with two attached hydrogens (primary N) is 1. The molecule has 0 radical (unpaired) electrons. The summed E-state index contributed by atoms with van der Waals surface area (Å²) in [4.78, 5) is 8.78. The SMILES string of the molecule is CNCCNC.NC(=O)O. The summed E-state index contributed by atoms with van der Waals surface area (Å²) in [6.45, 7) is 2.10. The summed E-state index contributed by atoms with van der Waals surface area (Å²) in [6, 6.07) is 0. The van der Waals surface area contributed by atoms with Crippen molar-refractivity contribution in [1.82, 2.24) is 10.6 Å². The lowest BCUT2D eigenvalue weighted by Gasteiger charge is -1.92. The number of primary amides is 1. The van der Waals surface area contributed by atoms with E-state index in [1.807, 2.05) is 14.1 Å². The van der Waals surface area contributed by atoms with Gasteiger partial charge < -0.3 is 21.5 Å². The third-order valence-corrected chi connectivity index (χ3v) is 0.625. The van der Waals surface area contributed by atoms with E-state index < -0.39 is 6.09 Å². The fourth-order valence-electron chi connectivity index (χ4n) is 0.250. The molecule has 0 aliphatic carbocycles. The Kier molecular flexibility index (Phi) is 13.2. The van der Waals surface area contributed by atoms with Crippen molar-refractivity contribution in [2.75, 3.05) is 27.2 Å². The van der Waals surface area contributed by atoms with Crippen LogP contribution in [0.25, 0.3) is 0 Å². The minimum absolute atomic E-state index is 1.05. The summed E-state index contributed by atoms with van der Waals surface area (Å²) in [7, 11) is 3.88. The van der Waals surface area contributed by atoms with Crippen molar-refractivity contribution in [3.05, 3.63) is 0 Å². The van der Waals surface area contributed by atoms with Crippen molar-refractivity contribution in [3.8, 4) is 0 Å². The van der Waals surface area contributed by atoms with Crippen molar-refractivity contribution in [2.24, 2.45) is 5.73 Å². The Morgan fingerprint density at radius 1 is 1.40 bits per heavy atom. The first-order valence-electron chi connectivity index (χ1n) is 2.92. The highest BCUT2D eigenvalue weighted by Gasteiger charge is 1.71. The van der Waals surface area contributed by atoms with Gasteiger partial charge in [0.25, 0.3) is 0 Å². The van der Waals surface area contributed by atoms with Gasteiger partial charge in [-0.2, -0.15) is 0 Å². The number of nitrogens with one attached hydrogen (secondary N) is 2. The summed E-state index contributed by atoms with van der Waals surface area (Å²) in [5.74, 6) is 0. The van der Waals surface area contributed by atoms with E-state index in [0.29, 0.717) is 0 Å². The predicted molar refractivity (Wildman–Crippen MR) is 40.1 cm³/mol. The van der Waals surface area contributed by atoms with Crippen molar-refractivity contribution in [1.29, 1.82) is 0 Å². The van der Waals surface area contributed by atoms with Crippen LogP contribution in [-0.4, -0.2) is 38.4 Å². The standard InChI is InChI=1S/C4H12N2.CH3NO2/c1-5-3-4-6-2;2-1(3)4/h5-6H,3-4H2,1-2H3;2H2,(H,3,4). The lowest BCUT2D eigenvalue weighted by Crippen LogP contribution is -2.21. The summed E-state index contributed by atoms with van der Waals surface area (Å²) in [5.41, 5.74) is 4.03. The van der Waals surface area contributed by atoms with Crippen LogP contribution in [0.5, 0.6) is 0 Å². The van der Waals surface area contributed by atoms with Crippen LogP contribution in [0.1, 0.15) is 0 Å². The molecule has 1 amide bonds. The zero-order chi connectivity index (χ0) is 8.41. The molecular weight excluding hydrogens is 134 g/mol. The number of hydrogen-bond acceptors (Lipinski definition) is 3. The molecule has 0 saturated carbocycles. The van der Waals surface area contributed by atoms with Gasteiger partial charge in [-0.3, -0.25) is 0 Å². The highest BCUT2D eigenvalue weighted by molar-refractivity contribution is 5.61. The highest BCUT2D eigenvalue weighted by atomic mass is 16.4. The van der Waals surface area contributed by atoms with E-state index in [2.05, 4.69) is 16.4 Å². The maximum Gasteiger partial charge on any atom is 0.402 e. The molecular formula is C5H15N3O2. The quantitative estimate of drug-likeness (QED) is 0.389. The number of rotatable bonds is 3. The second kappa shape index (κ2) is 11.0. The smallest absolute Gasteiger partial charge is 0.402 e. The molecule has 0 bridgehead atoms. The van der Waals surface area contributed by atoms with E-state index in [4.69, 9.17) is 9.90 Å². The van der Waals surface area contributed by atoms with Gasteiger partial charge >= 0.3 is 6.09 Å². The molecule has 0 aromatic carbocycles. The van der Waals surface area contributed by atoms with Gasteiger partial charge in [0.2, 0.25) is 0 Å². The number of hydrogen-bond donors (Lipinski definition) is 4. The van der Waals surface area contributed by atoms with Gasteiger partial charge in [-0.1, -0.05) is 0 Å². The highest BCUT2D eigenvalue weighted by Crippen LogP contribution is 1.45. The Bertz CT molecular complexity index is 69.3. The van der Waals surface area contributed by atoms with Gasteiger partial charge in [0, 0.05) is 13.1 Å². The zero-order valence-electron chi connectivity index (χ0n) is 6.35. The van der Waals surface area contributed by atoms with Gasteiger partial charge in [-0.25, -0.2) is 4.79 Å². The van der Waals surface area contributed by atoms with E-state index >= 15 is 0 Å². The molecule has 0 atom stereocenters. The lowest BCUT2D eigenvalue weighted by atomic mass is 10.6. The second-order valence-corrected chi connectivity index (χ2v) is 1.55. The number of likely N-dealkylation sites (N-methyl/N-ethyl adjacent to an activating group) is 2. The van der Waals surface area contributed by atoms with Gasteiger partial charge in [-0.15, -0.1) is 0 Å². The molecule has 0 aliphatic heterocycles. The fourth-order valence-corrected chi connectivity index (χ4v) is 0.250. The average Bonchev–Trinajstić information content (AvgIpc) is 1.82. The van der Waals surface area contributed by atoms with Crippen LogP contribution >= 0.6 is 0 Å². The molecule has 0 aromatic rings. The van der Waals surface area contributed by atoms with Gasteiger partial charge in [-0.05, 0) is 14.1 Å². The maximum atomic E-state index is 8.78. The fraction of sp³-hybridized carbons (Fsp3) is 0.800. The first kappa shape index (κ1) is 11.9. The molecule has 0 saturated heterocycles. The summed E-state index contributed by atoms with van der Waals surface area (Å²) >= 11 is 0. The Labute approximate surface area is 60.6 Å². The van der Waals surface area contributed by atoms with E-state index in [0.717, 1.165) is 13.1 Å². The Morgan fingerprint density at radius 2 is 1.60 bits per heavy atom. The Hall–Kier alpha value is -0.810. The molecule has 0 spiro atoms. The molecule has 0 aliphatic rings. The molecule has 5 heteroatoms. The van der Waals surface area contributed by atoms with Crippen molar-refractivity contribution in [2.45, 2.75) is 0 Å². The molecule has 10 heavy (non-hydrogen) atoms. The molecule has 5 nitrogen and oxygen atoms in total. The maximum absolute atomic E-state index is 8.78. The first-order valence-corrected chi connectivity index (χ1v) is 2.92. The van der Waals surface area contributed by atoms with Crippen LogP contribution in [0.3, 0.4) is 0 Å². The van der Waals surface area contributed by atoms with Crippen LogP contribution in [0.4, 0.5) is 4.79 Å². The minimum atomic E-state index is -1.33. The number of amides is 1. The first-order chi connectivity index (χ1) is 4.65. The van der Waals surface area contributed by atoms with Gasteiger partial charge in [0.05, 0.1) is 0 Å². The zero-order valence-corrected chi connectivity index (χ0v) is 6.35. The molecule has 62 valence electrons. The van der Waals surface area contributed by atoms with Gasteiger partial charge in [0.15, 0.2) is 0 Å². The van der Waals surface area contributed by atoms with Crippen molar-refractivity contribution < 1.29 is 9.90 Å². The molecule has 5 N–H and O–H groups in total. The number of carbonyl (C=O) groups is 1. The molecule has 0 rings (SSSR count). The summed E-state index contributed by atoms with van der Waals surface area (Å²) in [6.07, 6.45) is -1.33. The van der Waals surface area contributed by atoms with Crippen LogP contribution in [0, 0.1) is 0 Å². The van der Waals surface area contributed by atoms with Crippen molar-refractivity contribution in [3.63, 3.8) is 0 Å². The van der Waals surface area contributed by atoms with Crippen LogP contribution in [0.2, 0.25) is 0 Å². The van der Waals surface area contributed by atoms with Crippen LogP contribution < -0.4 is 16.4 Å². The van der Waals surface area contributed by atoms with Crippen LogP contribution in [0.15, 0.2) is 0 Å². The molecule has 0 unspecified atom stereocenters. The third kappa shape index (κ3) is 57.4. The minimum Gasteiger partial charge on any atom is -0.465 e. The molecule has 0 fully saturated rings. The van der Waals surface area contributed by atoms with Gasteiger partial charge in [0.1, 0.15) is 0 Å². The third-order valence-electron chi connectivity index (χ3n) is 0.625. The largest absolute Gasteiger partial charge is 0.465 e. The van der Waals surface area contributed by atoms with E-state index in [-0.39, 0.29) is 0 Å². The van der Waals surface area contributed by atoms with Crippen molar-refractivity contribution >= 4 is 6.09 Å². The molecule has 0 heterocycles. The monoisotopic (exact) mass is 149 g/mol.